The molecular formula is C15H20N2. The lowest BCUT2D eigenvalue weighted by molar-refractivity contribution is 0.969. The van der Waals surface area contributed by atoms with E-state index in [0.717, 1.165) is 13.0 Å². The fourth-order valence-corrected chi connectivity index (χ4v) is 1.43. The van der Waals surface area contributed by atoms with Gasteiger partial charge in [-0.1, -0.05) is 60.7 Å². The average molecular weight is 228 g/mol. The summed E-state index contributed by atoms with van der Waals surface area (Å²) < 4.78 is 0. The summed E-state index contributed by atoms with van der Waals surface area (Å²) >= 11 is 0. The van der Waals surface area contributed by atoms with Crippen LogP contribution in [0.25, 0.3) is 0 Å². The van der Waals surface area contributed by atoms with Gasteiger partial charge in [0.2, 0.25) is 0 Å². The Balaban J connectivity index is 0.000000171. The van der Waals surface area contributed by atoms with Crippen molar-refractivity contribution in [2.45, 2.75) is 13.0 Å². The molecule has 0 aliphatic rings. The lowest BCUT2D eigenvalue weighted by Gasteiger charge is -1.93. The van der Waals surface area contributed by atoms with Crippen molar-refractivity contribution in [2.75, 3.05) is 6.54 Å². The first-order valence-electron chi connectivity index (χ1n) is 5.84. The second kappa shape index (κ2) is 8.50. The van der Waals surface area contributed by atoms with Crippen LogP contribution >= 0.6 is 0 Å². The number of hydrogen-bond donors (Lipinski definition) is 2. The molecule has 0 saturated heterocycles. The van der Waals surface area contributed by atoms with E-state index in [1.165, 1.54) is 11.1 Å². The molecule has 0 aromatic heterocycles. The minimum absolute atomic E-state index is 0.640. The Labute approximate surface area is 103 Å². The van der Waals surface area contributed by atoms with Gasteiger partial charge < -0.3 is 11.5 Å². The van der Waals surface area contributed by atoms with E-state index in [-0.39, 0.29) is 0 Å². The van der Waals surface area contributed by atoms with Crippen LogP contribution in [0, 0.1) is 0 Å². The fraction of sp³-hybridized carbons (Fsp3) is 0.200. The molecule has 2 nitrogen and oxygen atoms in total. The molecule has 0 spiro atoms. The summed E-state index contributed by atoms with van der Waals surface area (Å²) in [6, 6.07) is 20.2. The maximum Gasteiger partial charge on any atom is 0.0178 e. The molecule has 0 amide bonds. The summed E-state index contributed by atoms with van der Waals surface area (Å²) in [7, 11) is 0. The molecule has 2 heteroatoms. The van der Waals surface area contributed by atoms with E-state index in [0.29, 0.717) is 6.54 Å². The average Bonchev–Trinajstić information content (AvgIpc) is 2.42. The van der Waals surface area contributed by atoms with E-state index in [2.05, 4.69) is 12.1 Å². The zero-order valence-corrected chi connectivity index (χ0v) is 10.0. The summed E-state index contributed by atoms with van der Waals surface area (Å²) in [5.74, 6) is 0. The third kappa shape index (κ3) is 5.85. The Bertz CT molecular complexity index is 384. The first-order valence-corrected chi connectivity index (χ1v) is 5.84. The normalized spacial score (nSPS) is 9.29. The molecule has 0 fully saturated rings. The van der Waals surface area contributed by atoms with Crippen LogP contribution in [0.1, 0.15) is 11.1 Å². The molecule has 0 aliphatic carbocycles. The van der Waals surface area contributed by atoms with Crippen molar-refractivity contribution in [1.29, 1.82) is 0 Å². The van der Waals surface area contributed by atoms with Gasteiger partial charge in [0.1, 0.15) is 0 Å². The topological polar surface area (TPSA) is 52.0 Å². The largest absolute Gasteiger partial charge is 0.330 e. The van der Waals surface area contributed by atoms with E-state index in [9.17, 15) is 0 Å². The molecule has 4 N–H and O–H groups in total. The number of benzene rings is 2. The minimum Gasteiger partial charge on any atom is -0.330 e. The predicted molar refractivity (Wildman–Crippen MR) is 73.5 cm³/mol. The molecule has 0 unspecified atom stereocenters. The molecule has 0 heterocycles. The first kappa shape index (κ1) is 13.4. The van der Waals surface area contributed by atoms with Crippen LogP contribution in [0.5, 0.6) is 0 Å². The van der Waals surface area contributed by atoms with E-state index < -0.39 is 0 Å². The summed E-state index contributed by atoms with van der Waals surface area (Å²) in [5.41, 5.74) is 13.2. The predicted octanol–water partition coefficient (Wildman–Crippen LogP) is 2.33. The zero-order valence-electron chi connectivity index (χ0n) is 10.0. The molecule has 0 atom stereocenters. The van der Waals surface area contributed by atoms with Gasteiger partial charge >= 0.3 is 0 Å². The molecule has 0 aliphatic heterocycles. The van der Waals surface area contributed by atoms with Crippen LogP contribution in [0.2, 0.25) is 0 Å². The summed E-state index contributed by atoms with van der Waals surface area (Å²) in [6.45, 7) is 1.38. The smallest absolute Gasteiger partial charge is 0.0178 e. The zero-order chi connectivity index (χ0) is 12.3. The second-order valence-corrected chi connectivity index (χ2v) is 3.71. The number of nitrogens with two attached hydrogens (primary N) is 2. The molecule has 0 radical (unpaired) electrons. The third-order valence-electron chi connectivity index (χ3n) is 2.35. The quantitative estimate of drug-likeness (QED) is 0.847. The van der Waals surface area contributed by atoms with Gasteiger partial charge in [-0.3, -0.25) is 0 Å². The molecule has 0 bridgehead atoms. The summed E-state index contributed by atoms with van der Waals surface area (Å²) in [5, 5.41) is 0. The highest BCUT2D eigenvalue weighted by Crippen LogP contribution is 1.96. The van der Waals surface area contributed by atoms with E-state index >= 15 is 0 Å². The highest BCUT2D eigenvalue weighted by Gasteiger charge is 1.84. The van der Waals surface area contributed by atoms with Crippen molar-refractivity contribution in [2.24, 2.45) is 11.5 Å². The monoisotopic (exact) mass is 228 g/mol. The Kier molecular flexibility index (Phi) is 6.72. The highest BCUT2D eigenvalue weighted by atomic mass is 14.5. The minimum atomic E-state index is 0.640. The Morgan fingerprint density at radius 1 is 0.647 bits per heavy atom. The molecule has 2 aromatic rings. The van der Waals surface area contributed by atoms with Gasteiger partial charge in [-0.2, -0.15) is 0 Å². The molecule has 17 heavy (non-hydrogen) atoms. The standard InChI is InChI=1S/C8H11N.C7H9N/c9-7-6-8-4-2-1-3-5-8;8-6-7-4-2-1-3-5-7/h1-5H,6-7,9H2;1-5H,6,8H2. The number of hydrogen-bond acceptors (Lipinski definition) is 2. The van der Waals surface area contributed by atoms with E-state index in [4.69, 9.17) is 11.5 Å². The number of rotatable bonds is 3. The fourth-order valence-electron chi connectivity index (χ4n) is 1.43. The van der Waals surface area contributed by atoms with Gasteiger partial charge in [-0.25, -0.2) is 0 Å². The molecule has 2 aromatic carbocycles. The van der Waals surface area contributed by atoms with Crippen molar-refractivity contribution in [1.82, 2.24) is 0 Å². The first-order chi connectivity index (χ1) is 8.36. The molecule has 2 rings (SSSR count). The summed E-state index contributed by atoms with van der Waals surface area (Å²) in [4.78, 5) is 0. The second-order valence-electron chi connectivity index (χ2n) is 3.71. The van der Waals surface area contributed by atoms with Crippen molar-refractivity contribution in [3.05, 3.63) is 71.8 Å². The van der Waals surface area contributed by atoms with Crippen LogP contribution < -0.4 is 11.5 Å². The van der Waals surface area contributed by atoms with Crippen molar-refractivity contribution >= 4 is 0 Å². The van der Waals surface area contributed by atoms with Gasteiger partial charge in [0.15, 0.2) is 0 Å². The third-order valence-corrected chi connectivity index (χ3v) is 2.35. The molecule has 0 saturated carbocycles. The van der Waals surface area contributed by atoms with Gasteiger partial charge in [0, 0.05) is 6.54 Å². The lowest BCUT2D eigenvalue weighted by Crippen LogP contribution is -2.01. The maximum absolute atomic E-state index is 5.36. The van der Waals surface area contributed by atoms with Gasteiger partial charge in [0.05, 0.1) is 0 Å². The van der Waals surface area contributed by atoms with Crippen molar-refractivity contribution < 1.29 is 0 Å². The van der Waals surface area contributed by atoms with Gasteiger partial charge in [0.25, 0.3) is 0 Å². The molecular weight excluding hydrogens is 208 g/mol. The van der Waals surface area contributed by atoms with Crippen LogP contribution in [0.15, 0.2) is 60.7 Å². The summed E-state index contributed by atoms with van der Waals surface area (Å²) in [6.07, 6.45) is 0.987. The Morgan fingerprint density at radius 3 is 1.47 bits per heavy atom. The maximum atomic E-state index is 5.36. The Morgan fingerprint density at radius 2 is 1.12 bits per heavy atom. The highest BCUT2D eigenvalue weighted by molar-refractivity contribution is 5.14. The lowest BCUT2D eigenvalue weighted by atomic mass is 10.2. The van der Waals surface area contributed by atoms with Gasteiger partial charge in [-0.15, -0.1) is 0 Å². The van der Waals surface area contributed by atoms with Crippen molar-refractivity contribution in [3.8, 4) is 0 Å². The van der Waals surface area contributed by atoms with E-state index in [1.807, 2.05) is 48.5 Å². The van der Waals surface area contributed by atoms with Crippen molar-refractivity contribution in [3.63, 3.8) is 0 Å². The van der Waals surface area contributed by atoms with Crippen LogP contribution in [0.3, 0.4) is 0 Å². The molecule has 90 valence electrons. The van der Waals surface area contributed by atoms with Crippen LogP contribution in [-0.4, -0.2) is 6.54 Å². The van der Waals surface area contributed by atoms with Crippen LogP contribution in [0.4, 0.5) is 0 Å². The SMILES string of the molecule is NCCc1ccccc1.NCc1ccccc1. The van der Waals surface area contributed by atoms with Gasteiger partial charge in [-0.05, 0) is 24.1 Å². The Hall–Kier alpha value is -1.64. The van der Waals surface area contributed by atoms with E-state index in [1.54, 1.807) is 0 Å². The van der Waals surface area contributed by atoms with Crippen LogP contribution in [-0.2, 0) is 13.0 Å².